The van der Waals surface area contributed by atoms with E-state index < -0.39 is 10.0 Å². The number of para-hydroxylation sites is 1. The van der Waals surface area contributed by atoms with Gasteiger partial charge in [0.15, 0.2) is 0 Å². The first-order valence-corrected chi connectivity index (χ1v) is 8.09. The van der Waals surface area contributed by atoms with Crippen molar-refractivity contribution in [3.8, 4) is 5.75 Å². The van der Waals surface area contributed by atoms with Crippen LogP contribution < -0.4 is 15.2 Å². The van der Waals surface area contributed by atoms with E-state index in [4.69, 9.17) is 10.5 Å². The van der Waals surface area contributed by atoms with Gasteiger partial charge in [-0.05, 0) is 29.3 Å². The molecule has 0 saturated heterocycles. The number of methoxy groups -OCH3 is 1. The lowest BCUT2D eigenvalue weighted by molar-refractivity contribution is 0.414. The van der Waals surface area contributed by atoms with Crippen molar-refractivity contribution >= 4 is 15.7 Å². The molecule has 0 unspecified atom stereocenters. The van der Waals surface area contributed by atoms with Gasteiger partial charge >= 0.3 is 0 Å². The minimum atomic E-state index is -3.45. The Hall–Kier alpha value is -2.05. The van der Waals surface area contributed by atoms with Gasteiger partial charge in [-0.3, -0.25) is 0 Å². The normalized spacial score (nSPS) is 11.3. The molecule has 5 nitrogen and oxygen atoms in total. The van der Waals surface area contributed by atoms with E-state index in [0.717, 1.165) is 5.56 Å². The fraction of sp³-hybridized carbons (Fsp3) is 0.200. The lowest BCUT2D eigenvalue weighted by Crippen LogP contribution is -2.25. The second kappa shape index (κ2) is 6.60. The number of sulfonamides is 1. The highest BCUT2D eigenvalue weighted by Crippen LogP contribution is 2.15. The summed E-state index contributed by atoms with van der Waals surface area (Å²) in [4.78, 5) is 0. The van der Waals surface area contributed by atoms with Crippen LogP contribution in [0.5, 0.6) is 5.75 Å². The maximum atomic E-state index is 12.1. The Kier molecular flexibility index (Phi) is 4.82. The van der Waals surface area contributed by atoms with Crippen LogP contribution in [0.3, 0.4) is 0 Å². The fourth-order valence-electron chi connectivity index (χ4n) is 1.90. The number of nitrogen functional groups attached to an aromatic ring is 1. The number of nitrogens with one attached hydrogen (secondary N) is 1. The standard InChI is InChI=1S/C15H18N2O3S/c1-20-14-7-4-5-12(9-14)10-17-21(18,19)11-13-6-2-3-8-15(13)16/h2-9,17H,10-11,16H2,1H3. The molecular weight excluding hydrogens is 288 g/mol. The van der Waals surface area contributed by atoms with Gasteiger partial charge in [-0.2, -0.15) is 0 Å². The van der Waals surface area contributed by atoms with Crippen LogP contribution in [-0.4, -0.2) is 15.5 Å². The van der Waals surface area contributed by atoms with E-state index in [0.29, 0.717) is 17.0 Å². The molecule has 0 radical (unpaired) electrons. The summed E-state index contributed by atoms with van der Waals surface area (Å²) >= 11 is 0. The zero-order chi connectivity index (χ0) is 15.3. The Balaban J connectivity index is 2.03. The maximum absolute atomic E-state index is 12.1. The molecule has 0 fully saturated rings. The van der Waals surface area contributed by atoms with Gasteiger partial charge in [-0.15, -0.1) is 0 Å². The summed E-state index contributed by atoms with van der Waals surface area (Å²) in [7, 11) is -1.87. The highest BCUT2D eigenvalue weighted by molar-refractivity contribution is 7.88. The van der Waals surface area contributed by atoms with E-state index in [1.807, 2.05) is 18.2 Å². The molecule has 0 atom stereocenters. The predicted octanol–water partition coefficient (Wildman–Crippen LogP) is 1.90. The first-order valence-electron chi connectivity index (χ1n) is 6.44. The molecule has 6 heteroatoms. The summed E-state index contributed by atoms with van der Waals surface area (Å²) in [6.07, 6.45) is 0. The highest BCUT2D eigenvalue weighted by Gasteiger charge is 2.13. The van der Waals surface area contributed by atoms with Crippen LogP contribution in [0.4, 0.5) is 5.69 Å². The second-order valence-corrected chi connectivity index (χ2v) is 6.44. The lowest BCUT2D eigenvalue weighted by atomic mass is 10.2. The molecule has 21 heavy (non-hydrogen) atoms. The van der Waals surface area contributed by atoms with Gasteiger partial charge in [0.1, 0.15) is 5.75 Å². The van der Waals surface area contributed by atoms with Crippen molar-refractivity contribution in [2.24, 2.45) is 0 Å². The van der Waals surface area contributed by atoms with Crippen LogP contribution in [0, 0.1) is 0 Å². The van der Waals surface area contributed by atoms with Crippen molar-refractivity contribution in [2.45, 2.75) is 12.3 Å². The van der Waals surface area contributed by atoms with Crippen LogP contribution in [0.2, 0.25) is 0 Å². The maximum Gasteiger partial charge on any atom is 0.216 e. The number of hydrogen-bond acceptors (Lipinski definition) is 4. The summed E-state index contributed by atoms with van der Waals surface area (Å²) in [5, 5.41) is 0. The monoisotopic (exact) mass is 306 g/mol. The van der Waals surface area contributed by atoms with E-state index in [9.17, 15) is 8.42 Å². The van der Waals surface area contributed by atoms with Crippen molar-refractivity contribution in [3.05, 3.63) is 59.7 Å². The molecule has 2 aromatic rings. The minimum absolute atomic E-state index is 0.135. The molecule has 0 aliphatic carbocycles. The number of hydrogen-bond donors (Lipinski definition) is 2. The summed E-state index contributed by atoms with van der Waals surface area (Å²) < 4.78 is 31.8. The van der Waals surface area contributed by atoms with Crippen LogP contribution in [0.25, 0.3) is 0 Å². The molecule has 2 rings (SSSR count). The first-order chi connectivity index (χ1) is 10.00. The highest BCUT2D eigenvalue weighted by atomic mass is 32.2. The summed E-state index contributed by atoms with van der Waals surface area (Å²) in [6.45, 7) is 0.215. The Morgan fingerprint density at radius 3 is 2.62 bits per heavy atom. The molecule has 0 spiro atoms. The van der Waals surface area contributed by atoms with Gasteiger partial charge in [0.2, 0.25) is 10.0 Å². The molecule has 0 aromatic heterocycles. The number of ether oxygens (including phenoxy) is 1. The van der Waals surface area contributed by atoms with Crippen LogP contribution in [0.15, 0.2) is 48.5 Å². The minimum Gasteiger partial charge on any atom is -0.497 e. The molecule has 0 amide bonds. The van der Waals surface area contributed by atoms with Crippen LogP contribution in [-0.2, 0) is 22.3 Å². The molecule has 112 valence electrons. The number of anilines is 1. The smallest absolute Gasteiger partial charge is 0.216 e. The van der Waals surface area contributed by atoms with Crippen molar-refractivity contribution in [1.29, 1.82) is 0 Å². The zero-order valence-electron chi connectivity index (χ0n) is 11.7. The summed E-state index contributed by atoms with van der Waals surface area (Å²) in [5.41, 5.74) is 7.67. The fourth-order valence-corrected chi connectivity index (χ4v) is 3.06. The van der Waals surface area contributed by atoms with Crippen LogP contribution in [0.1, 0.15) is 11.1 Å². The van der Waals surface area contributed by atoms with Gasteiger partial charge in [-0.1, -0.05) is 30.3 Å². The number of nitrogens with two attached hydrogens (primary N) is 1. The van der Waals surface area contributed by atoms with Gasteiger partial charge in [0, 0.05) is 12.2 Å². The molecule has 0 saturated carbocycles. The molecule has 0 heterocycles. The van der Waals surface area contributed by atoms with Gasteiger partial charge in [0.05, 0.1) is 12.9 Å². The van der Waals surface area contributed by atoms with Crippen molar-refractivity contribution in [3.63, 3.8) is 0 Å². The molecule has 2 aromatic carbocycles. The summed E-state index contributed by atoms with van der Waals surface area (Å²) in [6, 6.07) is 14.2. The second-order valence-electron chi connectivity index (χ2n) is 4.63. The van der Waals surface area contributed by atoms with Crippen LogP contribution >= 0.6 is 0 Å². The Morgan fingerprint density at radius 1 is 1.14 bits per heavy atom. The van der Waals surface area contributed by atoms with E-state index in [1.165, 1.54) is 0 Å². The van der Waals surface area contributed by atoms with E-state index >= 15 is 0 Å². The van der Waals surface area contributed by atoms with Gasteiger partial charge in [0.25, 0.3) is 0 Å². The third-order valence-electron chi connectivity index (χ3n) is 3.03. The van der Waals surface area contributed by atoms with Gasteiger partial charge < -0.3 is 10.5 Å². The average molecular weight is 306 g/mol. The van der Waals surface area contributed by atoms with Gasteiger partial charge in [-0.25, -0.2) is 13.1 Å². The largest absolute Gasteiger partial charge is 0.497 e. The molecule has 0 aliphatic heterocycles. The predicted molar refractivity (Wildman–Crippen MR) is 83.3 cm³/mol. The lowest BCUT2D eigenvalue weighted by Gasteiger charge is -2.09. The topological polar surface area (TPSA) is 81.4 Å². The SMILES string of the molecule is COc1cccc(CNS(=O)(=O)Cc2ccccc2N)c1. The zero-order valence-corrected chi connectivity index (χ0v) is 12.6. The van der Waals surface area contributed by atoms with Crippen molar-refractivity contribution in [1.82, 2.24) is 4.72 Å². The van der Waals surface area contributed by atoms with Crippen molar-refractivity contribution in [2.75, 3.05) is 12.8 Å². The van der Waals surface area contributed by atoms with E-state index in [2.05, 4.69) is 4.72 Å². The van der Waals surface area contributed by atoms with E-state index in [-0.39, 0.29) is 12.3 Å². The third kappa shape index (κ3) is 4.47. The molecule has 0 aliphatic rings. The number of rotatable bonds is 6. The molecule has 3 N–H and O–H groups in total. The quantitative estimate of drug-likeness (QED) is 0.799. The first kappa shape index (κ1) is 15.3. The Bertz CT molecular complexity index is 714. The van der Waals surface area contributed by atoms with E-state index in [1.54, 1.807) is 37.4 Å². The molecular formula is C15H18N2O3S. The van der Waals surface area contributed by atoms with Crippen molar-refractivity contribution < 1.29 is 13.2 Å². The average Bonchev–Trinajstić information content (AvgIpc) is 2.48. The Morgan fingerprint density at radius 2 is 1.90 bits per heavy atom. The molecule has 0 bridgehead atoms. The number of benzene rings is 2. The third-order valence-corrected chi connectivity index (χ3v) is 4.31. The Labute approximate surface area is 124 Å². The summed E-state index contributed by atoms with van der Waals surface area (Å²) in [5.74, 6) is 0.558.